The molecule has 0 aliphatic rings. The summed E-state index contributed by atoms with van der Waals surface area (Å²) in [4.78, 5) is 15.6. The van der Waals surface area contributed by atoms with Crippen LogP contribution in [-0.4, -0.2) is 19.1 Å². The van der Waals surface area contributed by atoms with Gasteiger partial charge in [-0.1, -0.05) is 75.0 Å². The van der Waals surface area contributed by atoms with Gasteiger partial charge < -0.3 is 4.57 Å². The van der Waals surface area contributed by atoms with Crippen molar-refractivity contribution in [2.24, 2.45) is 0 Å². The molecule has 4 heterocycles. The molecule has 0 radical (unpaired) electrons. The fourth-order valence-corrected chi connectivity index (χ4v) is 7.21. The second-order valence-electron chi connectivity index (χ2n) is 12.8. The molecule has 0 amide bonds. The summed E-state index contributed by atoms with van der Waals surface area (Å²) in [6, 6.07) is 40.0. The van der Waals surface area contributed by atoms with Crippen molar-refractivity contribution in [3.63, 3.8) is 0 Å². The van der Waals surface area contributed by atoms with Crippen LogP contribution < -0.4 is 0 Å². The number of para-hydroxylation sites is 2. The van der Waals surface area contributed by atoms with Crippen molar-refractivity contribution in [2.75, 3.05) is 0 Å². The maximum absolute atomic E-state index is 7.84. The predicted octanol–water partition coefficient (Wildman–Crippen LogP) is 11.2. The lowest BCUT2D eigenvalue weighted by Gasteiger charge is -2.20. The Morgan fingerprint density at radius 2 is 1.51 bits per heavy atom. The number of hydrogen-bond donors (Lipinski definition) is 0. The maximum atomic E-state index is 7.84. The van der Waals surface area contributed by atoms with Crippen LogP contribution in [0.3, 0.4) is 0 Å². The molecular formula is C41H31N5S. The first-order valence-corrected chi connectivity index (χ1v) is 16.4. The van der Waals surface area contributed by atoms with Gasteiger partial charge in [0.05, 0.1) is 35.0 Å². The molecule has 0 unspecified atom stereocenters. The van der Waals surface area contributed by atoms with Crippen molar-refractivity contribution in [2.45, 2.75) is 36.0 Å². The largest absolute Gasteiger partial charge is 0.315 e. The smallest absolute Gasteiger partial charge is 0.189 e. The van der Waals surface area contributed by atoms with E-state index in [0.29, 0.717) is 5.69 Å². The first kappa shape index (κ1) is 28.8. The Hall–Kier alpha value is -5.64. The Labute approximate surface area is 278 Å². The minimum atomic E-state index is 0.00827. The Morgan fingerprint density at radius 3 is 2.34 bits per heavy atom. The average Bonchev–Trinajstić information content (AvgIpc) is 3.67. The first-order valence-electron chi connectivity index (χ1n) is 15.6. The molecule has 226 valence electrons. The highest BCUT2D eigenvalue weighted by Crippen LogP contribution is 2.39. The molecule has 0 atom stereocenters. The SMILES string of the molecule is [C-]#[N+]c1cc(Sc2ccc3c4ccccc4n(-c4cc(C(C)(C)C)ccn4)c3c2)cc(-c2cc3ccn(-c4ccccc4)c3cn2)c1. The lowest BCUT2D eigenvalue weighted by atomic mass is 9.88. The van der Waals surface area contributed by atoms with Crippen LogP contribution in [-0.2, 0) is 5.41 Å². The third-order valence-corrected chi connectivity index (χ3v) is 9.61. The summed E-state index contributed by atoms with van der Waals surface area (Å²) in [6.45, 7) is 14.5. The molecule has 0 saturated carbocycles. The maximum Gasteiger partial charge on any atom is 0.189 e. The van der Waals surface area contributed by atoms with Gasteiger partial charge in [-0.3, -0.25) is 9.55 Å². The number of hydrogen-bond acceptors (Lipinski definition) is 3. The number of fused-ring (bicyclic) bond motifs is 4. The van der Waals surface area contributed by atoms with E-state index in [9.17, 15) is 0 Å². The molecule has 0 spiro atoms. The highest BCUT2D eigenvalue weighted by molar-refractivity contribution is 7.99. The van der Waals surface area contributed by atoms with Crippen molar-refractivity contribution in [1.29, 1.82) is 0 Å². The van der Waals surface area contributed by atoms with Crippen molar-refractivity contribution < 1.29 is 0 Å². The van der Waals surface area contributed by atoms with E-state index in [4.69, 9.17) is 16.5 Å². The quantitative estimate of drug-likeness (QED) is 0.179. The van der Waals surface area contributed by atoms with E-state index < -0.39 is 0 Å². The van der Waals surface area contributed by atoms with Gasteiger partial charge in [-0.05, 0) is 89.3 Å². The summed E-state index contributed by atoms with van der Waals surface area (Å²) < 4.78 is 4.42. The van der Waals surface area contributed by atoms with Crippen LogP contribution in [0, 0.1) is 6.57 Å². The fraction of sp³-hybridized carbons (Fsp3) is 0.0976. The Bertz CT molecular complexity index is 2490. The van der Waals surface area contributed by atoms with Crippen molar-refractivity contribution in [3.05, 3.63) is 151 Å². The minimum absolute atomic E-state index is 0.00827. The molecule has 6 heteroatoms. The number of aromatic nitrogens is 4. The molecule has 0 bridgehead atoms. The number of benzene rings is 4. The zero-order valence-corrected chi connectivity index (χ0v) is 27.2. The van der Waals surface area contributed by atoms with Crippen LogP contribution >= 0.6 is 11.8 Å². The van der Waals surface area contributed by atoms with Crippen molar-refractivity contribution in [1.82, 2.24) is 19.1 Å². The topological polar surface area (TPSA) is 40.0 Å². The van der Waals surface area contributed by atoms with E-state index in [1.165, 1.54) is 16.3 Å². The molecule has 8 rings (SSSR count). The van der Waals surface area contributed by atoms with Gasteiger partial charge >= 0.3 is 0 Å². The zero-order valence-electron chi connectivity index (χ0n) is 26.3. The van der Waals surface area contributed by atoms with Gasteiger partial charge in [0.2, 0.25) is 0 Å². The summed E-state index contributed by atoms with van der Waals surface area (Å²) in [5.74, 6) is 0.908. The lowest BCUT2D eigenvalue weighted by Crippen LogP contribution is -2.12. The highest BCUT2D eigenvalue weighted by atomic mass is 32.2. The number of nitrogens with zero attached hydrogens (tertiary/aromatic N) is 5. The van der Waals surface area contributed by atoms with E-state index >= 15 is 0 Å². The van der Waals surface area contributed by atoms with Crippen LogP contribution in [0.25, 0.3) is 60.3 Å². The van der Waals surface area contributed by atoms with Crippen LogP contribution in [0.15, 0.2) is 144 Å². The number of pyridine rings is 2. The molecule has 0 N–H and O–H groups in total. The molecule has 4 aromatic heterocycles. The third kappa shape index (κ3) is 5.25. The summed E-state index contributed by atoms with van der Waals surface area (Å²) in [7, 11) is 0. The predicted molar refractivity (Wildman–Crippen MR) is 194 cm³/mol. The molecule has 4 aromatic carbocycles. The standard InChI is InChI=1S/C41H31N5S/c1-41(2,3)29-16-18-43-40(23-29)46-37-13-9-8-12-34(37)35-15-14-32(25-38(35)46)47-33-21-28(20-30(24-33)42-4)36-22-27-17-19-45(39(27)26-44-36)31-10-6-5-7-11-31/h5-26H,1-3H3. The lowest BCUT2D eigenvalue weighted by molar-refractivity contribution is 0.588. The molecule has 0 aliphatic carbocycles. The zero-order chi connectivity index (χ0) is 32.1. The molecule has 0 aliphatic heterocycles. The summed E-state index contributed by atoms with van der Waals surface area (Å²) in [5.41, 5.74) is 7.98. The Balaban J connectivity index is 1.19. The molecule has 0 fully saturated rings. The van der Waals surface area contributed by atoms with Gasteiger partial charge in [0.1, 0.15) is 5.82 Å². The highest BCUT2D eigenvalue weighted by Gasteiger charge is 2.18. The van der Waals surface area contributed by atoms with Gasteiger partial charge in [-0.2, -0.15) is 0 Å². The minimum Gasteiger partial charge on any atom is -0.315 e. The van der Waals surface area contributed by atoms with Gasteiger partial charge in [0, 0.05) is 44.0 Å². The molecular weight excluding hydrogens is 595 g/mol. The summed E-state index contributed by atoms with van der Waals surface area (Å²) >= 11 is 1.66. The van der Waals surface area contributed by atoms with Crippen LogP contribution in [0.1, 0.15) is 26.3 Å². The van der Waals surface area contributed by atoms with Gasteiger partial charge in [0.25, 0.3) is 0 Å². The van der Waals surface area contributed by atoms with E-state index in [2.05, 4.69) is 126 Å². The van der Waals surface area contributed by atoms with Crippen molar-refractivity contribution in [3.8, 4) is 22.8 Å². The van der Waals surface area contributed by atoms with Crippen LogP contribution in [0.2, 0.25) is 0 Å². The van der Waals surface area contributed by atoms with Crippen molar-refractivity contribution >= 4 is 50.2 Å². The molecule has 0 saturated heterocycles. The first-order chi connectivity index (χ1) is 22.9. The molecule has 5 nitrogen and oxygen atoms in total. The molecule has 47 heavy (non-hydrogen) atoms. The van der Waals surface area contributed by atoms with Gasteiger partial charge in [0.15, 0.2) is 5.69 Å². The fourth-order valence-electron chi connectivity index (χ4n) is 6.26. The van der Waals surface area contributed by atoms with Crippen LogP contribution in [0.4, 0.5) is 5.69 Å². The summed E-state index contributed by atoms with van der Waals surface area (Å²) in [5, 5.41) is 3.48. The normalized spacial score (nSPS) is 11.8. The van der Waals surface area contributed by atoms with E-state index in [1.807, 2.05) is 42.7 Å². The van der Waals surface area contributed by atoms with Crippen LogP contribution in [0.5, 0.6) is 0 Å². The third-order valence-electron chi connectivity index (χ3n) is 8.65. The van der Waals surface area contributed by atoms with Gasteiger partial charge in [-0.15, -0.1) is 0 Å². The summed E-state index contributed by atoms with van der Waals surface area (Å²) in [6.07, 6.45) is 5.91. The Morgan fingerprint density at radius 1 is 0.702 bits per heavy atom. The monoisotopic (exact) mass is 625 g/mol. The van der Waals surface area contributed by atoms with E-state index in [0.717, 1.165) is 54.5 Å². The Kier molecular flexibility index (Phi) is 6.93. The molecule has 8 aromatic rings. The average molecular weight is 626 g/mol. The van der Waals surface area contributed by atoms with E-state index in [-0.39, 0.29) is 5.41 Å². The number of rotatable bonds is 5. The second-order valence-corrected chi connectivity index (χ2v) is 13.9. The second kappa shape index (κ2) is 11.3. The van der Waals surface area contributed by atoms with E-state index in [1.54, 1.807) is 11.8 Å². The van der Waals surface area contributed by atoms with Gasteiger partial charge in [-0.25, -0.2) is 9.83 Å².